The number of para-hydroxylation sites is 1. The lowest BCUT2D eigenvalue weighted by atomic mass is 9.96. The number of halogens is 1. The number of carbonyl (C=O) groups excluding carboxylic acids is 3. The molecule has 2 saturated heterocycles. The summed E-state index contributed by atoms with van der Waals surface area (Å²) >= 11 is 6.19. The topological polar surface area (TPSA) is 66.9 Å². The van der Waals surface area contributed by atoms with Crippen LogP contribution >= 0.6 is 11.6 Å². The monoisotopic (exact) mass is 378 g/mol. The van der Waals surface area contributed by atoms with Crippen LogP contribution in [0.25, 0.3) is 0 Å². The molecular weight excluding hydrogens is 356 g/mol. The van der Waals surface area contributed by atoms with E-state index >= 15 is 0 Å². The second-order valence-electron chi connectivity index (χ2n) is 6.73. The summed E-state index contributed by atoms with van der Waals surface area (Å²) in [6, 6.07) is 7.13. The van der Waals surface area contributed by atoms with Crippen molar-refractivity contribution in [1.29, 1.82) is 0 Å². The Morgan fingerprint density at radius 1 is 1.23 bits per heavy atom. The maximum Gasteiger partial charge on any atom is 0.310 e. The third kappa shape index (κ3) is 3.85. The molecule has 26 heavy (non-hydrogen) atoms. The zero-order valence-corrected chi connectivity index (χ0v) is 15.6. The van der Waals surface area contributed by atoms with Gasteiger partial charge in [0, 0.05) is 26.1 Å². The number of likely N-dealkylation sites (tertiary alicyclic amines) is 1. The first-order valence-electron chi connectivity index (χ1n) is 9.01. The summed E-state index contributed by atoms with van der Waals surface area (Å²) in [6.45, 7) is 3.42. The van der Waals surface area contributed by atoms with Crippen LogP contribution in [0.1, 0.15) is 26.2 Å². The van der Waals surface area contributed by atoms with E-state index in [0.717, 1.165) is 12.8 Å². The molecule has 3 rings (SSSR count). The fraction of sp³-hybridized carbons (Fsp3) is 0.526. The first kappa shape index (κ1) is 18.7. The summed E-state index contributed by atoms with van der Waals surface area (Å²) in [5, 5.41) is 0.495. The van der Waals surface area contributed by atoms with Crippen molar-refractivity contribution >= 4 is 35.1 Å². The van der Waals surface area contributed by atoms with Crippen LogP contribution in [0, 0.1) is 11.8 Å². The lowest BCUT2D eigenvalue weighted by Crippen LogP contribution is -2.45. The summed E-state index contributed by atoms with van der Waals surface area (Å²) in [7, 11) is 0. The molecule has 0 N–H and O–H groups in total. The molecule has 0 spiro atoms. The standard InChI is InChI=1S/C19H23ClN2O4/c1-2-26-19(25)13-6-5-9-21(11-13)18(24)14-10-17(23)22(12-14)16-8-4-3-7-15(16)20/h3-4,7-8,13-14H,2,5-6,9-12H2,1H3/t13-,14+/m0/s1. The van der Waals surface area contributed by atoms with Gasteiger partial charge in [-0.05, 0) is 31.9 Å². The third-order valence-electron chi connectivity index (χ3n) is 4.97. The largest absolute Gasteiger partial charge is 0.466 e. The molecule has 0 aliphatic carbocycles. The fourth-order valence-corrected chi connectivity index (χ4v) is 3.90. The number of hydrogen-bond acceptors (Lipinski definition) is 4. The minimum absolute atomic E-state index is 0.0677. The summed E-state index contributed by atoms with van der Waals surface area (Å²) in [6.07, 6.45) is 1.67. The van der Waals surface area contributed by atoms with Gasteiger partial charge in [-0.3, -0.25) is 14.4 Å². The van der Waals surface area contributed by atoms with Crippen molar-refractivity contribution in [2.45, 2.75) is 26.2 Å². The number of nitrogens with zero attached hydrogens (tertiary/aromatic N) is 2. The molecule has 0 radical (unpaired) electrons. The number of rotatable bonds is 4. The van der Waals surface area contributed by atoms with Gasteiger partial charge in [-0.1, -0.05) is 23.7 Å². The molecule has 0 unspecified atom stereocenters. The van der Waals surface area contributed by atoms with Gasteiger partial charge in [-0.2, -0.15) is 0 Å². The second-order valence-corrected chi connectivity index (χ2v) is 7.14. The number of anilines is 1. The molecule has 2 amide bonds. The molecule has 2 atom stereocenters. The van der Waals surface area contributed by atoms with E-state index in [-0.39, 0.29) is 30.1 Å². The van der Waals surface area contributed by atoms with E-state index in [4.69, 9.17) is 16.3 Å². The molecule has 2 aliphatic rings. The number of ether oxygens (including phenoxy) is 1. The third-order valence-corrected chi connectivity index (χ3v) is 5.29. The number of benzene rings is 1. The van der Waals surface area contributed by atoms with E-state index in [9.17, 15) is 14.4 Å². The van der Waals surface area contributed by atoms with Gasteiger partial charge in [0.25, 0.3) is 0 Å². The van der Waals surface area contributed by atoms with Crippen molar-refractivity contribution in [3.63, 3.8) is 0 Å². The second kappa shape index (κ2) is 8.08. The first-order chi connectivity index (χ1) is 12.5. The Morgan fingerprint density at radius 2 is 2.00 bits per heavy atom. The van der Waals surface area contributed by atoms with Crippen molar-refractivity contribution in [3.8, 4) is 0 Å². The minimum atomic E-state index is -0.403. The van der Waals surface area contributed by atoms with Crippen LogP contribution in [0.5, 0.6) is 0 Å². The summed E-state index contributed by atoms with van der Waals surface area (Å²) in [4.78, 5) is 40.6. The van der Waals surface area contributed by atoms with Gasteiger partial charge in [0.15, 0.2) is 0 Å². The van der Waals surface area contributed by atoms with Gasteiger partial charge in [0.05, 0.1) is 29.2 Å². The van der Waals surface area contributed by atoms with Crippen molar-refractivity contribution in [3.05, 3.63) is 29.3 Å². The van der Waals surface area contributed by atoms with Crippen LogP contribution in [-0.2, 0) is 19.1 Å². The maximum absolute atomic E-state index is 12.9. The summed E-state index contributed by atoms with van der Waals surface area (Å²) in [5.74, 6) is -1.09. The Kier molecular flexibility index (Phi) is 5.81. The average Bonchev–Trinajstić information content (AvgIpc) is 3.03. The number of carbonyl (C=O) groups is 3. The van der Waals surface area contributed by atoms with Gasteiger partial charge in [-0.25, -0.2) is 0 Å². The van der Waals surface area contributed by atoms with Crippen molar-refractivity contribution in [1.82, 2.24) is 4.90 Å². The van der Waals surface area contributed by atoms with E-state index in [1.807, 2.05) is 6.07 Å². The molecule has 7 heteroatoms. The zero-order valence-electron chi connectivity index (χ0n) is 14.8. The van der Waals surface area contributed by atoms with Crippen molar-refractivity contribution < 1.29 is 19.1 Å². The molecular formula is C19H23ClN2O4. The molecule has 0 bridgehead atoms. The van der Waals surface area contributed by atoms with E-state index < -0.39 is 5.92 Å². The van der Waals surface area contributed by atoms with Gasteiger partial charge in [0.2, 0.25) is 11.8 Å². The van der Waals surface area contributed by atoms with E-state index in [0.29, 0.717) is 37.0 Å². The highest BCUT2D eigenvalue weighted by Gasteiger charge is 2.39. The van der Waals surface area contributed by atoms with E-state index in [2.05, 4.69) is 0 Å². The van der Waals surface area contributed by atoms with Gasteiger partial charge in [-0.15, -0.1) is 0 Å². The van der Waals surface area contributed by atoms with Gasteiger partial charge in [0.1, 0.15) is 0 Å². The van der Waals surface area contributed by atoms with Crippen molar-refractivity contribution in [2.24, 2.45) is 11.8 Å². The van der Waals surface area contributed by atoms with Crippen LogP contribution in [0.15, 0.2) is 24.3 Å². The molecule has 2 aliphatic heterocycles. The number of piperidine rings is 1. The SMILES string of the molecule is CCOC(=O)[C@H]1CCCN(C(=O)[C@@H]2CC(=O)N(c3ccccc3Cl)C2)C1. The predicted octanol–water partition coefficient (Wildman–Crippen LogP) is 2.49. The highest BCUT2D eigenvalue weighted by molar-refractivity contribution is 6.33. The maximum atomic E-state index is 12.9. The van der Waals surface area contributed by atoms with Gasteiger partial charge >= 0.3 is 5.97 Å². The highest BCUT2D eigenvalue weighted by atomic mass is 35.5. The quantitative estimate of drug-likeness (QED) is 0.755. The zero-order chi connectivity index (χ0) is 18.7. The van der Waals surface area contributed by atoms with E-state index in [1.165, 1.54) is 0 Å². The Balaban J connectivity index is 1.66. The summed E-state index contributed by atoms with van der Waals surface area (Å²) < 4.78 is 5.09. The molecule has 0 aromatic heterocycles. The van der Waals surface area contributed by atoms with Crippen LogP contribution < -0.4 is 4.90 Å². The Morgan fingerprint density at radius 3 is 2.73 bits per heavy atom. The fourth-order valence-electron chi connectivity index (χ4n) is 3.66. The molecule has 6 nitrogen and oxygen atoms in total. The number of esters is 1. The van der Waals surface area contributed by atoms with E-state index in [1.54, 1.807) is 34.9 Å². The first-order valence-corrected chi connectivity index (χ1v) is 9.39. The normalized spacial score (nSPS) is 23.2. The summed E-state index contributed by atoms with van der Waals surface area (Å²) in [5.41, 5.74) is 0.637. The number of hydrogen-bond donors (Lipinski definition) is 0. The predicted molar refractivity (Wildman–Crippen MR) is 97.8 cm³/mol. The van der Waals surface area contributed by atoms with Crippen LogP contribution in [-0.4, -0.2) is 48.9 Å². The molecule has 2 fully saturated rings. The Hall–Kier alpha value is -2.08. The van der Waals surface area contributed by atoms with Crippen LogP contribution in [0.2, 0.25) is 5.02 Å². The lowest BCUT2D eigenvalue weighted by molar-refractivity contribution is -0.152. The molecule has 1 aromatic rings. The Bertz CT molecular complexity index is 709. The van der Waals surface area contributed by atoms with Gasteiger partial charge < -0.3 is 14.5 Å². The smallest absolute Gasteiger partial charge is 0.310 e. The molecule has 140 valence electrons. The minimum Gasteiger partial charge on any atom is -0.466 e. The lowest BCUT2D eigenvalue weighted by Gasteiger charge is -2.33. The van der Waals surface area contributed by atoms with Crippen LogP contribution in [0.3, 0.4) is 0 Å². The number of amides is 2. The molecule has 2 heterocycles. The van der Waals surface area contributed by atoms with Crippen LogP contribution in [0.4, 0.5) is 5.69 Å². The average molecular weight is 379 g/mol. The Labute approximate surface area is 158 Å². The molecule has 0 saturated carbocycles. The van der Waals surface area contributed by atoms with Crippen molar-refractivity contribution in [2.75, 3.05) is 31.1 Å². The highest BCUT2D eigenvalue weighted by Crippen LogP contribution is 2.32. The molecule has 1 aromatic carbocycles.